The Balaban J connectivity index is 1.59. The third kappa shape index (κ3) is 5.06. The van der Waals surface area contributed by atoms with Gasteiger partial charge in [-0.25, -0.2) is 4.79 Å². The number of amides is 2. The SMILES string of the molecule is CCN(CC)C(=O)CCN1CCN(c2ccc3c(c2)C(N(C)C(=O)O)CCC3)CC1. The second kappa shape index (κ2) is 10.2. The lowest BCUT2D eigenvalue weighted by molar-refractivity contribution is -0.131. The molecule has 3 rings (SSSR count). The highest BCUT2D eigenvalue weighted by Gasteiger charge is 2.28. The number of piperazine rings is 1. The van der Waals surface area contributed by atoms with Gasteiger partial charge in [0.2, 0.25) is 5.91 Å². The largest absolute Gasteiger partial charge is 0.465 e. The zero-order chi connectivity index (χ0) is 21.7. The summed E-state index contributed by atoms with van der Waals surface area (Å²) in [5.41, 5.74) is 3.62. The number of carbonyl (C=O) groups excluding carboxylic acids is 1. The zero-order valence-corrected chi connectivity index (χ0v) is 18.6. The van der Waals surface area contributed by atoms with Gasteiger partial charge in [-0.2, -0.15) is 0 Å². The highest BCUT2D eigenvalue weighted by Crippen LogP contribution is 2.36. The average Bonchev–Trinajstić information content (AvgIpc) is 2.77. The van der Waals surface area contributed by atoms with Crippen LogP contribution >= 0.6 is 0 Å². The van der Waals surface area contributed by atoms with Crippen LogP contribution in [0.4, 0.5) is 10.5 Å². The van der Waals surface area contributed by atoms with Crippen molar-refractivity contribution in [3.63, 3.8) is 0 Å². The van der Waals surface area contributed by atoms with E-state index in [2.05, 4.69) is 28.0 Å². The molecule has 2 amide bonds. The summed E-state index contributed by atoms with van der Waals surface area (Å²) < 4.78 is 0. The molecule has 1 fully saturated rings. The van der Waals surface area contributed by atoms with Crippen LogP contribution in [0.5, 0.6) is 0 Å². The Labute approximate surface area is 180 Å². The second-order valence-electron chi connectivity index (χ2n) is 8.33. The van der Waals surface area contributed by atoms with Crippen LogP contribution in [0.1, 0.15) is 50.3 Å². The van der Waals surface area contributed by atoms with E-state index in [9.17, 15) is 14.7 Å². The molecule has 2 aliphatic rings. The number of hydrogen-bond acceptors (Lipinski definition) is 4. The van der Waals surface area contributed by atoms with E-state index in [1.54, 1.807) is 7.05 Å². The van der Waals surface area contributed by atoms with Crippen LogP contribution in [-0.4, -0.2) is 84.7 Å². The van der Waals surface area contributed by atoms with Gasteiger partial charge in [-0.15, -0.1) is 0 Å². The first-order valence-electron chi connectivity index (χ1n) is 11.3. The standard InChI is InChI=1S/C23H36N4O3/c1-4-26(5-2)22(28)11-12-25-13-15-27(16-14-25)19-10-9-18-7-6-8-21(20(18)17-19)24(3)23(29)30/h9-10,17,21H,4-8,11-16H2,1-3H3,(H,29,30). The van der Waals surface area contributed by atoms with E-state index in [1.165, 1.54) is 16.2 Å². The van der Waals surface area contributed by atoms with Crippen molar-refractivity contribution in [2.45, 2.75) is 45.6 Å². The predicted octanol–water partition coefficient (Wildman–Crippen LogP) is 3.05. The van der Waals surface area contributed by atoms with Gasteiger partial charge in [0, 0.05) is 65.0 Å². The number of carboxylic acid groups (broad SMARTS) is 1. The van der Waals surface area contributed by atoms with Crippen LogP contribution in [0.3, 0.4) is 0 Å². The second-order valence-corrected chi connectivity index (χ2v) is 8.33. The van der Waals surface area contributed by atoms with Crippen molar-refractivity contribution >= 4 is 17.7 Å². The maximum absolute atomic E-state index is 12.2. The third-order valence-electron chi connectivity index (χ3n) is 6.68. The lowest BCUT2D eigenvalue weighted by Gasteiger charge is -2.37. The molecule has 1 N–H and O–H groups in total. The number of hydrogen-bond donors (Lipinski definition) is 1. The fourth-order valence-corrected chi connectivity index (χ4v) is 4.71. The average molecular weight is 417 g/mol. The Bertz CT molecular complexity index is 742. The number of anilines is 1. The highest BCUT2D eigenvalue weighted by atomic mass is 16.4. The topological polar surface area (TPSA) is 67.3 Å². The fourth-order valence-electron chi connectivity index (χ4n) is 4.71. The summed E-state index contributed by atoms with van der Waals surface area (Å²) in [6.07, 6.45) is 2.65. The zero-order valence-electron chi connectivity index (χ0n) is 18.6. The van der Waals surface area contributed by atoms with Crippen LogP contribution < -0.4 is 4.90 Å². The third-order valence-corrected chi connectivity index (χ3v) is 6.68. The lowest BCUT2D eigenvalue weighted by atomic mass is 9.86. The van der Waals surface area contributed by atoms with Gasteiger partial charge in [0.15, 0.2) is 0 Å². The number of nitrogens with zero attached hydrogens (tertiary/aromatic N) is 4. The number of aryl methyl sites for hydroxylation is 1. The summed E-state index contributed by atoms with van der Waals surface area (Å²) in [5.74, 6) is 0.241. The first-order valence-corrected chi connectivity index (χ1v) is 11.3. The van der Waals surface area contributed by atoms with Crippen LogP contribution in [0.25, 0.3) is 0 Å². The summed E-state index contributed by atoms with van der Waals surface area (Å²) in [7, 11) is 1.67. The number of benzene rings is 1. The Hall–Kier alpha value is -2.28. The number of carbonyl (C=O) groups is 2. The van der Waals surface area contributed by atoms with Gasteiger partial charge in [0.25, 0.3) is 0 Å². The van der Waals surface area contributed by atoms with Crippen molar-refractivity contribution in [2.24, 2.45) is 0 Å². The number of fused-ring (bicyclic) bond motifs is 1. The van der Waals surface area contributed by atoms with Gasteiger partial charge in [0.1, 0.15) is 0 Å². The van der Waals surface area contributed by atoms with Crippen molar-refractivity contribution in [1.82, 2.24) is 14.7 Å². The monoisotopic (exact) mass is 416 g/mol. The van der Waals surface area contributed by atoms with E-state index in [0.29, 0.717) is 6.42 Å². The minimum absolute atomic E-state index is 0.0569. The quantitative estimate of drug-likeness (QED) is 0.740. The molecule has 0 aromatic heterocycles. The maximum Gasteiger partial charge on any atom is 0.407 e. The first-order chi connectivity index (χ1) is 14.4. The fraction of sp³-hybridized carbons (Fsp3) is 0.652. The molecule has 30 heavy (non-hydrogen) atoms. The predicted molar refractivity (Wildman–Crippen MR) is 119 cm³/mol. The molecule has 1 aromatic rings. The van der Waals surface area contributed by atoms with Gasteiger partial charge in [-0.1, -0.05) is 6.07 Å². The van der Waals surface area contributed by atoms with Gasteiger partial charge in [0.05, 0.1) is 6.04 Å². The molecule has 0 radical (unpaired) electrons. The molecular formula is C23H36N4O3. The minimum Gasteiger partial charge on any atom is -0.465 e. The Morgan fingerprint density at radius 3 is 2.47 bits per heavy atom. The molecule has 1 heterocycles. The van der Waals surface area contributed by atoms with E-state index in [1.807, 2.05) is 18.7 Å². The summed E-state index contributed by atoms with van der Waals surface area (Å²) in [5, 5.41) is 9.45. The van der Waals surface area contributed by atoms with Crippen LogP contribution in [-0.2, 0) is 11.2 Å². The molecule has 1 saturated heterocycles. The Morgan fingerprint density at radius 2 is 1.83 bits per heavy atom. The molecule has 1 unspecified atom stereocenters. The molecule has 0 saturated carbocycles. The van der Waals surface area contributed by atoms with Crippen molar-refractivity contribution in [2.75, 3.05) is 57.8 Å². The van der Waals surface area contributed by atoms with Crippen molar-refractivity contribution in [1.29, 1.82) is 0 Å². The molecule has 7 heteroatoms. The molecule has 0 bridgehead atoms. The van der Waals surface area contributed by atoms with E-state index in [0.717, 1.165) is 70.6 Å². The van der Waals surface area contributed by atoms with E-state index < -0.39 is 6.09 Å². The maximum atomic E-state index is 12.2. The summed E-state index contributed by atoms with van der Waals surface area (Å²) in [4.78, 5) is 31.9. The molecular weight excluding hydrogens is 380 g/mol. The van der Waals surface area contributed by atoms with E-state index in [4.69, 9.17) is 0 Å². The molecule has 166 valence electrons. The van der Waals surface area contributed by atoms with Crippen LogP contribution in [0.15, 0.2) is 18.2 Å². The molecule has 1 aromatic carbocycles. The van der Waals surface area contributed by atoms with Crippen molar-refractivity contribution in [3.8, 4) is 0 Å². The minimum atomic E-state index is -0.869. The van der Waals surface area contributed by atoms with Crippen molar-refractivity contribution < 1.29 is 14.7 Å². The van der Waals surface area contributed by atoms with Crippen LogP contribution in [0, 0.1) is 0 Å². The Kier molecular flexibility index (Phi) is 7.58. The molecule has 0 spiro atoms. The highest BCUT2D eigenvalue weighted by molar-refractivity contribution is 5.76. The molecule has 1 aliphatic carbocycles. The Morgan fingerprint density at radius 1 is 1.13 bits per heavy atom. The lowest BCUT2D eigenvalue weighted by Crippen LogP contribution is -2.47. The normalized spacial score (nSPS) is 19.3. The smallest absolute Gasteiger partial charge is 0.407 e. The summed E-state index contributed by atoms with van der Waals surface area (Å²) in [6.45, 7) is 10.2. The van der Waals surface area contributed by atoms with Gasteiger partial charge in [-0.05, 0) is 56.4 Å². The summed E-state index contributed by atoms with van der Waals surface area (Å²) in [6, 6.07) is 6.51. The van der Waals surface area contributed by atoms with Gasteiger partial charge in [-0.3, -0.25) is 9.69 Å². The number of rotatable bonds is 7. The van der Waals surface area contributed by atoms with Gasteiger partial charge >= 0.3 is 6.09 Å². The first kappa shape index (κ1) is 22.4. The molecule has 7 nitrogen and oxygen atoms in total. The van der Waals surface area contributed by atoms with Crippen molar-refractivity contribution in [3.05, 3.63) is 29.3 Å². The van der Waals surface area contributed by atoms with Gasteiger partial charge < -0.3 is 19.8 Å². The molecule has 1 atom stereocenters. The van der Waals surface area contributed by atoms with Crippen LogP contribution in [0.2, 0.25) is 0 Å². The van der Waals surface area contributed by atoms with E-state index >= 15 is 0 Å². The summed E-state index contributed by atoms with van der Waals surface area (Å²) >= 11 is 0. The van der Waals surface area contributed by atoms with E-state index in [-0.39, 0.29) is 11.9 Å². The molecule has 1 aliphatic heterocycles.